The van der Waals surface area contributed by atoms with E-state index in [0.29, 0.717) is 37.4 Å². The molecule has 3 heterocycles. The summed E-state index contributed by atoms with van der Waals surface area (Å²) >= 11 is 0. The lowest BCUT2D eigenvalue weighted by atomic mass is 10.1. The molecule has 1 saturated heterocycles. The van der Waals surface area contributed by atoms with Crippen LogP contribution in [-0.2, 0) is 7.05 Å². The fraction of sp³-hybridized carbons (Fsp3) is 0.316. The van der Waals surface area contributed by atoms with Crippen molar-refractivity contribution in [2.24, 2.45) is 7.05 Å². The van der Waals surface area contributed by atoms with Gasteiger partial charge < -0.3 is 19.4 Å². The minimum absolute atomic E-state index is 0.00766. The number of hydrogen-bond donors (Lipinski definition) is 1. The Bertz CT molecular complexity index is 944. The largest absolute Gasteiger partial charge is 0.357 e. The molecule has 2 aromatic heterocycles. The molecular weight excluding hydrogens is 330 g/mol. The number of aryl methyl sites for hydroxylation is 1. The molecule has 1 aliphatic rings. The van der Waals surface area contributed by atoms with Gasteiger partial charge in [-0.1, -0.05) is 0 Å². The molecule has 7 heteroatoms. The molecule has 1 N–H and O–H groups in total. The molecule has 0 radical (unpaired) electrons. The Morgan fingerprint density at radius 1 is 1.04 bits per heavy atom. The van der Waals surface area contributed by atoms with Gasteiger partial charge in [-0.05, 0) is 36.8 Å². The maximum atomic E-state index is 12.9. The molecule has 1 aliphatic heterocycles. The lowest BCUT2D eigenvalue weighted by molar-refractivity contribution is 0.0716. The predicted octanol–water partition coefficient (Wildman–Crippen LogP) is 1.89. The smallest absolute Gasteiger partial charge is 0.270 e. The van der Waals surface area contributed by atoms with Crippen LogP contribution in [0.15, 0.2) is 42.9 Å². The molecule has 134 valence electrons. The van der Waals surface area contributed by atoms with E-state index in [1.807, 2.05) is 40.8 Å². The standard InChI is InChI=1S/C19H21N5O2/c1-22-13-21-16-12-14(5-6-17(16)22)18(25)23-8-3-9-24(11-10-23)19(26)15-4-2-7-20-15/h2,4-7,12-13,20H,3,8-11H2,1H3. The van der Waals surface area contributed by atoms with Gasteiger partial charge in [0.15, 0.2) is 0 Å². The first-order chi connectivity index (χ1) is 12.6. The highest BCUT2D eigenvalue weighted by molar-refractivity contribution is 5.97. The molecule has 0 saturated carbocycles. The van der Waals surface area contributed by atoms with Crippen LogP contribution < -0.4 is 0 Å². The number of hydrogen-bond acceptors (Lipinski definition) is 3. The Kier molecular flexibility index (Phi) is 4.20. The molecule has 1 aromatic carbocycles. The Labute approximate surface area is 151 Å². The van der Waals surface area contributed by atoms with Crippen LogP contribution in [0, 0.1) is 0 Å². The van der Waals surface area contributed by atoms with Crippen molar-refractivity contribution >= 4 is 22.8 Å². The number of carbonyl (C=O) groups is 2. The molecule has 0 aliphatic carbocycles. The van der Waals surface area contributed by atoms with Gasteiger partial charge in [-0.2, -0.15) is 0 Å². The maximum Gasteiger partial charge on any atom is 0.270 e. The fourth-order valence-electron chi connectivity index (χ4n) is 3.41. The molecule has 26 heavy (non-hydrogen) atoms. The van der Waals surface area contributed by atoms with Crippen LogP contribution in [0.3, 0.4) is 0 Å². The third-order valence-corrected chi connectivity index (χ3v) is 4.87. The summed E-state index contributed by atoms with van der Waals surface area (Å²) in [6.07, 6.45) is 4.26. The van der Waals surface area contributed by atoms with Crippen molar-refractivity contribution < 1.29 is 9.59 Å². The summed E-state index contributed by atoms with van der Waals surface area (Å²) in [5, 5.41) is 0. The summed E-state index contributed by atoms with van der Waals surface area (Å²) < 4.78 is 1.93. The number of aromatic nitrogens is 3. The Balaban J connectivity index is 1.47. The number of rotatable bonds is 2. The number of benzene rings is 1. The molecule has 0 atom stereocenters. The van der Waals surface area contributed by atoms with Crippen molar-refractivity contribution in [1.29, 1.82) is 0 Å². The number of imidazole rings is 1. The Morgan fingerprint density at radius 2 is 1.81 bits per heavy atom. The van der Waals surface area contributed by atoms with Gasteiger partial charge in [0.2, 0.25) is 0 Å². The average Bonchev–Trinajstić information content (AvgIpc) is 3.25. The van der Waals surface area contributed by atoms with Crippen LogP contribution in [0.5, 0.6) is 0 Å². The highest BCUT2D eigenvalue weighted by Crippen LogP contribution is 2.17. The van der Waals surface area contributed by atoms with E-state index in [1.54, 1.807) is 23.5 Å². The van der Waals surface area contributed by atoms with Crippen LogP contribution in [0.4, 0.5) is 0 Å². The zero-order chi connectivity index (χ0) is 18.1. The van der Waals surface area contributed by atoms with Gasteiger partial charge in [0.25, 0.3) is 11.8 Å². The van der Waals surface area contributed by atoms with Crippen LogP contribution in [0.2, 0.25) is 0 Å². The van der Waals surface area contributed by atoms with E-state index in [1.165, 1.54) is 0 Å². The molecular formula is C19H21N5O2. The number of nitrogens with one attached hydrogen (secondary N) is 1. The second-order valence-corrected chi connectivity index (χ2v) is 6.58. The fourth-order valence-corrected chi connectivity index (χ4v) is 3.41. The highest BCUT2D eigenvalue weighted by Gasteiger charge is 2.24. The van der Waals surface area contributed by atoms with Gasteiger partial charge in [0.05, 0.1) is 17.4 Å². The topological polar surface area (TPSA) is 74.2 Å². The SMILES string of the molecule is Cn1cnc2cc(C(=O)N3CCCN(C(=O)c4ccc[nH]4)CC3)ccc21. The number of carbonyl (C=O) groups excluding carboxylic acids is 2. The molecule has 3 aromatic rings. The molecule has 0 unspecified atom stereocenters. The van der Waals surface area contributed by atoms with E-state index < -0.39 is 0 Å². The monoisotopic (exact) mass is 351 g/mol. The molecule has 4 rings (SSSR count). The first kappa shape index (κ1) is 16.4. The van der Waals surface area contributed by atoms with E-state index in [9.17, 15) is 9.59 Å². The van der Waals surface area contributed by atoms with Crippen molar-refractivity contribution in [2.75, 3.05) is 26.2 Å². The quantitative estimate of drug-likeness (QED) is 0.766. The van der Waals surface area contributed by atoms with Crippen LogP contribution in [-0.4, -0.2) is 62.3 Å². The second-order valence-electron chi connectivity index (χ2n) is 6.58. The molecule has 2 amide bonds. The minimum atomic E-state index is -0.0146. The summed E-state index contributed by atoms with van der Waals surface area (Å²) in [4.78, 5) is 36.3. The number of aromatic amines is 1. The van der Waals surface area contributed by atoms with Gasteiger partial charge in [-0.25, -0.2) is 4.98 Å². The van der Waals surface area contributed by atoms with Crippen molar-refractivity contribution in [3.05, 3.63) is 54.1 Å². The summed E-state index contributed by atoms with van der Waals surface area (Å²) in [6.45, 7) is 2.37. The van der Waals surface area contributed by atoms with Crippen LogP contribution >= 0.6 is 0 Å². The van der Waals surface area contributed by atoms with E-state index in [0.717, 1.165) is 17.5 Å². The third kappa shape index (κ3) is 2.96. The van der Waals surface area contributed by atoms with Crippen molar-refractivity contribution in [3.63, 3.8) is 0 Å². The Hall–Kier alpha value is -3.09. The summed E-state index contributed by atoms with van der Waals surface area (Å²) in [6, 6.07) is 9.20. The molecule has 0 spiro atoms. The van der Waals surface area contributed by atoms with Gasteiger partial charge in [0, 0.05) is 45.0 Å². The number of H-pyrrole nitrogens is 1. The van der Waals surface area contributed by atoms with E-state index >= 15 is 0 Å². The van der Waals surface area contributed by atoms with Gasteiger partial charge in [-0.3, -0.25) is 9.59 Å². The highest BCUT2D eigenvalue weighted by atomic mass is 16.2. The number of fused-ring (bicyclic) bond motifs is 1. The van der Waals surface area contributed by atoms with Gasteiger partial charge >= 0.3 is 0 Å². The normalized spacial score (nSPS) is 15.3. The molecule has 1 fully saturated rings. The van der Waals surface area contributed by atoms with Crippen LogP contribution in [0.25, 0.3) is 11.0 Å². The van der Waals surface area contributed by atoms with E-state index in [-0.39, 0.29) is 11.8 Å². The zero-order valence-corrected chi connectivity index (χ0v) is 14.7. The summed E-state index contributed by atoms with van der Waals surface area (Å²) in [5.41, 5.74) is 3.04. The zero-order valence-electron chi connectivity index (χ0n) is 14.7. The second kappa shape index (κ2) is 6.67. The summed E-state index contributed by atoms with van der Waals surface area (Å²) in [5.74, 6) is -0.0223. The lowest BCUT2D eigenvalue weighted by Gasteiger charge is -2.22. The molecule has 7 nitrogen and oxygen atoms in total. The predicted molar refractivity (Wildman–Crippen MR) is 97.9 cm³/mol. The first-order valence-corrected chi connectivity index (χ1v) is 8.76. The van der Waals surface area contributed by atoms with Crippen molar-refractivity contribution in [1.82, 2.24) is 24.3 Å². The van der Waals surface area contributed by atoms with E-state index in [4.69, 9.17) is 0 Å². The van der Waals surface area contributed by atoms with Gasteiger partial charge in [0.1, 0.15) is 5.69 Å². The number of amides is 2. The van der Waals surface area contributed by atoms with Gasteiger partial charge in [-0.15, -0.1) is 0 Å². The average molecular weight is 351 g/mol. The number of nitrogens with zero attached hydrogens (tertiary/aromatic N) is 4. The maximum absolute atomic E-state index is 12.9. The Morgan fingerprint density at radius 3 is 2.54 bits per heavy atom. The summed E-state index contributed by atoms with van der Waals surface area (Å²) in [7, 11) is 1.93. The lowest BCUT2D eigenvalue weighted by Crippen LogP contribution is -2.37. The van der Waals surface area contributed by atoms with E-state index in [2.05, 4.69) is 9.97 Å². The molecule has 0 bridgehead atoms. The minimum Gasteiger partial charge on any atom is -0.357 e. The first-order valence-electron chi connectivity index (χ1n) is 8.76. The van der Waals surface area contributed by atoms with Crippen LogP contribution in [0.1, 0.15) is 27.3 Å². The third-order valence-electron chi connectivity index (χ3n) is 4.87. The van der Waals surface area contributed by atoms with Crippen molar-refractivity contribution in [2.45, 2.75) is 6.42 Å². The van der Waals surface area contributed by atoms with Crippen molar-refractivity contribution in [3.8, 4) is 0 Å².